The van der Waals surface area contributed by atoms with Gasteiger partial charge in [0, 0.05) is 0 Å². The number of aliphatic hydroxyl groups is 1. The SMILES string of the molecule is OC(S)C1CO1. The molecule has 1 saturated heterocycles. The predicted octanol–water partition coefficient (Wildman–Crippen LogP) is -0.367. The van der Waals surface area contributed by atoms with Crippen molar-refractivity contribution in [3.63, 3.8) is 0 Å². The molecular formula is C3H6O2S. The first kappa shape index (κ1) is 4.43. The molecule has 36 valence electrons. The molecule has 0 saturated carbocycles. The number of aliphatic hydroxyl groups excluding tert-OH is 1. The third-order valence-electron chi connectivity index (χ3n) is 0.692. The summed E-state index contributed by atoms with van der Waals surface area (Å²) < 4.78 is 4.64. The van der Waals surface area contributed by atoms with Crippen molar-refractivity contribution < 1.29 is 9.84 Å². The van der Waals surface area contributed by atoms with Crippen LogP contribution in [-0.2, 0) is 4.74 Å². The molecule has 6 heavy (non-hydrogen) atoms. The number of hydrogen-bond donors (Lipinski definition) is 2. The van der Waals surface area contributed by atoms with Crippen LogP contribution < -0.4 is 0 Å². The maximum absolute atomic E-state index is 8.43. The molecule has 0 aromatic heterocycles. The van der Waals surface area contributed by atoms with Gasteiger partial charge in [-0.25, -0.2) is 0 Å². The average molecular weight is 106 g/mol. The number of epoxide rings is 1. The third-order valence-corrected chi connectivity index (χ3v) is 1.02. The van der Waals surface area contributed by atoms with Crippen LogP contribution in [0.1, 0.15) is 0 Å². The molecule has 3 heteroatoms. The van der Waals surface area contributed by atoms with Crippen LogP contribution in [0.2, 0.25) is 0 Å². The van der Waals surface area contributed by atoms with Gasteiger partial charge in [-0.2, -0.15) is 0 Å². The summed E-state index contributed by atoms with van der Waals surface area (Å²) in [6.07, 6.45) is 0.0216. The van der Waals surface area contributed by atoms with E-state index >= 15 is 0 Å². The van der Waals surface area contributed by atoms with E-state index in [0.29, 0.717) is 6.61 Å². The van der Waals surface area contributed by atoms with Gasteiger partial charge in [0.05, 0.1) is 6.61 Å². The largest absolute Gasteiger partial charge is 0.380 e. The molecule has 0 bridgehead atoms. The quantitative estimate of drug-likeness (QED) is 0.272. The van der Waals surface area contributed by atoms with Crippen molar-refractivity contribution in [2.45, 2.75) is 11.5 Å². The highest BCUT2D eigenvalue weighted by Crippen LogP contribution is 2.15. The fraction of sp³-hybridized carbons (Fsp3) is 1.00. The Morgan fingerprint density at radius 3 is 2.50 bits per heavy atom. The van der Waals surface area contributed by atoms with Crippen LogP contribution in [0.15, 0.2) is 0 Å². The Morgan fingerprint density at radius 1 is 2.00 bits per heavy atom. The maximum atomic E-state index is 8.43. The van der Waals surface area contributed by atoms with Crippen LogP contribution >= 0.6 is 12.6 Å². The molecule has 2 nitrogen and oxygen atoms in total. The molecular weight excluding hydrogens is 100 g/mol. The molecule has 2 atom stereocenters. The minimum atomic E-state index is -0.565. The third kappa shape index (κ3) is 0.864. The molecule has 0 spiro atoms. The first-order chi connectivity index (χ1) is 2.80. The molecule has 1 rings (SSSR count). The Kier molecular flexibility index (Phi) is 1.04. The zero-order chi connectivity index (χ0) is 4.57. The van der Waals surface area contributed by atoms with E-state index in [1.54, 1.807) is 0 Å². The van der Waals surface area contributed by atoms with E-state index in [9.17, 15) is 0 Å². The first-order valence-corrected chi connectivity index (χ1v) is 2.30. The van der Waals surface area contributed by atoms with Crippen LogP contribution in [0.3, 0.4) is 0 Å². The Hall–Kier alpha value is 0.270. The molecule has 1 N–H and O–H groups in total. The molecule has 1 fully saturated rings. The molecule has 1 heterocycles. The summed E-state index contributed by atoms with van der Waals surface area (Å²) in [6, 6.07) is 0. The van der Waals surface area contributed by atoms with Gasteiger partial charge in [-0.3, -0.25) is 0 Å². The van der Waals surface area contributed by atoms with Crippen LogP contribution in [0.5, 0.6) is 0 Å². The van der Waals surface area contributed by atoms with Crippen molar-refractivity contribution in [3.8, 4) is 0 Å². The lowest BCUT2D eigenvalue weighted by atomic mass is 10.5. The van der Waals surface area contributed by atoms with Crippen LogP contribution in [0.4, 0.5) is 0 Å². The lowest BCUT2D eigenvalue weighted by molar-refractivity contribution is 0.215. The molecule has 0 radical (unpaired) electrons. The fourth-order valence-corrected chi connectivity index (χ4v) is 0.400. The summed E-state index contributed by atoms with van der Waals surface area (Å²) in [7, 11) is 0. The van der Waals surface area contributed by atoms with Crippen LogP contribution in [0, 0.1) is 0 Å². The van der Waals surface area contributed by atoms with E-state index < -0.39 is 5.44 Å². The van der Waals surface area contributed by atoms with Gasteiger partial charge in [0.15, 0.2) is 0 Å². The van der Waals surface area contributed by atoms with Crippen molar-refractivity contribution >= 4 is 12.6 Å². The topological polar surface area (TPSA) is 32.8 Å². The molecule has 0 aliphatic carbocycles. The summed E-state index contributed by atoms with van der Waals surface area (Å²) in [5, 5.41) is 8.43. The van der Waals surface area contributed by atoms with E-state index in [1.807, 2.05) is 0 Å². The standard InChI is InChI=1S/C3H6O2S/c4-3(6)2-1-5-2/h2-4,6H,1H2. The van der Waals surface area contributed by atoms with Gasteiger partial charge >= 0.3 is 0 Å². The van der Waals surface area contributed by atoms with Gasteiger partial charge in [0.25, 0.3) is 0 Å². The normalized spacial score (nSPS) is 36.0. The van der Waals surface area contributed by atoms with Crippen molar-refractivity contribution in [1.82, 2.24) is 0 Å². The van der Waals surface area contributed by atoms with Crippen LogP contribution in [0.25, 0.3) is 0 Å². The predicted molar refractivity (Wildman–Crippen MR) is 24.7 cm³/mol. The molecule has 0 amide bonds. The smallest absolute Gasteiger partial charge is 0.125 e. The van der Waals surface area contributed by atoms with Gasteiger partial charge in [-0.15, -0.1) is 12.6 Å². The van der Waals surface area contributed by atoms with Gasteiger partial charge < -0.3 is 9.84 Å². The summed E-state index contributed by atoms with van der Waals surface area (Å²) in [5.41, 5.74) is -0.565. The van der Waals surface area contributed by atoms with Gasteiger partial charge in [-0.1, -0.05) is 0 Å². The molecule has 1 aliphatic rings. The Bertz CT molecular complexity index is 50.8. The lowest BCUT2D eigenvalue weighted by Gasteiger charge is -1.89. The lowest BCUT2D eigenvalue weighted by Crippen LogP contribution is -2.03. The number of rotatable bonds is 1. The number of hydrogen-bond acceptors (Lipinski definition) is 3. The van der Waals surface area contributed by atoms with E-state index in [4.69, 9.17) is 5.11 Å². The Morgan fingerprint density at radius 2 is 2.50 bits per heavy atom. The second-order valence-electron chi connectivity index (χ2n) is 1.29. The highest BCUT2D eigenvalue weighted by atomic mass is 32.1. The minimum Gasteiger partial charge on any atom is -0.380 e. The van der Waals surface area contributed by atoms with E-state index in [2.05, 4.69) is 17.4 Å². The molecule has 2 unspecified atom stereocenters. The summed E-state index contributed by atoms with van der Waals surface area (Å²) in [5.74, 6) is 0. The monoisotopic (exact) mass is 106 g/mol. The second kappa shape index (κ2) is 1.40. The summed E-state index contributed by atoms with van der Waals surface area (Å²) in [6.45, 7) is 0.671. The number of thiol groups is 1. The van der Waals surface area contributed by atoms with Gasteiger partial charge in [-0.05, 0) is 0 Å². The summed E-state index contributed by atoms with van der Waals surface area (Å²) in [4.78, 5) is 0. The van der Waals surface area contributed by atoms with E-state index in [0.717, 1.165) is 0 Å². The van der Waals surface area contributed by atoms with E-state index in [-0.39, 0.29) is 6.10 Å². The van der Waals surface area contributed by atoms with E-state index in [1.165, 1.54) is 0 Å². The average Bonchev–Trinajstić information content (AvgIpc) is 2.06. The first-order valence-electron chi connectivity index (χ1n) is 1.78. The zero-order valence-electron chi connectivity index (χ0n) is 3.16. The van der Waals surface area contributed by atoms with Crippen molar-refractivity contribution in [2.75, 3.05) is 6.61 Å². The van der Waals surface area contributed by atoms with Gasteiger partial charge in [0.1, 0.15) is 11.5 Å². The second-order valence-corrected chi connectivity index (χ2v) is 1.81. The molecule has 0 aromatic carbocycles. The highest BCUT2D eigenvalue weighted by molar-refractivity contribution is 7.80. The Labute approximate surface area is 41.5 Å². The van der Waals surface area contributed by atoms with Gasteiger partial charge in [0.2, 0.25) is 0 Å². The molecule has 0 aromatic rings. The summed E-state index contributed by atoms with van der Waals surface area (Å²) >= 11 is 3.69. The highest BCUT2D eigenvalue weighted by Gasteiger charge is 2.28. The minimum absolute atomic E-state index is 0.0216. The maximum Gasteiger partial charge on any atom is 0.125 e. The van der Waals surface area contributed by atoms with Crippen molar-refractivity contribution in [2.24, 2.45) is 0 Å². The number of ether oxygens (including phenoxy) is 1. The molecule has 1 aliphatic heterocycles. The Balaban J connectivity index is 2.13. The van der Waals surface area contributed by atoms with Crippen LogP contribution in [-0.4, -0.2) is 23.3 Å². The zero-order valence-corrected chi connectivity index (χ0v) is 4.06. The fourth-order valence-electron chi connectivity index (χ4n) is 0.228. The van der Waals surface area contributed by atoms with Crippen molar-refractivity contribution in [3.05, 3.63) is 0 Å². The van der Waals surface area contributed by atoms with Crippen molar-refractivity contribution in [1.29, 1.82) is 0 Å².